The summed E-state index contributed by atoms with van der Waals surface area (Å²) in [6.45, 7) is 3.76. The fourth-order valence-electron chi connectivity index (χ4n) is 1.19. The number of carbonyl (C=O) groups is 1. The number of carbonyl (C=O) groups excluding carboxylic acids is 1. The first-order chi connectivity index (χ1) is 5.65. The van der Waals surface area contributed by atoms with Crippen LogP contribution in [0.5, 0.6) is 0 Å². The quantitative estimate of drug-likeness (QED) is 0.469. The van der Waals surface area contributed by atoms with Gasteiger partial charge in [-0.15, -0.1) is 0 Å². The van der Waals surface area contributed by atoms with Crippen molar-refractivity contribution in [1.29, 1.82) is 0 Å². The number of hydrogen-bond donors (Lipinski definition) is 0. The van der Waals surface area contributed by atoms with Gasteiger partial charge in [0, 0.05) is 12.0 Å². The van der Waals surface area contributed by atoms with E-state index in [2.05, 4.69) is 0 Å². The molecule has 0 fully saturated rings. The van der Waals surface area contributed by atoms with Gasteiger partial charge in [0.15, 0.2) is 5.78 Å². The van der Waals surface area contributed by atoms with Crippen LogP contribution in [0.1, 0.15) is 29.3 Å². The number of ketones is 1. The fourth-order valence-corrected chi connectivity index (χ4v) is 1.19. The maximum atomic E-state index is 11.3. The van der Waals surface area contributed by atoms with Crippen molar-refractivity contribution in [3.8, 4) is 0 Å². The number of Topliss-reactive ketones (excluding diaryl/α,β-unsaturated/α-hetero) is 1. The highest BCUT2D eigenvalue weighted by Gasteiger charge is 2.05. The Bertz CT molecular complexity index is 305. The molecule has 0 spiro atoms. The third-order valence-corrected chi connectivity index (χ3v) is 1.87. The van der Waals surface area contributed by atoms with Crippen LogP contribution in [-0.2, 0) is 0 Å². The second-order valence-electron chi connectivity index (χ2n) is 2.85. The Hall–Kier alpha value is -1.05. The van der Waals surface area contributed by atoms with Gasteiger partial charge in [0.2, 0.25) is 0 Å². The molecule has 0 bridgehead atoms. The van der Waals surface area contributed by atoms with Gasteiger partial charge in [0.05, 0.1) is 0 Å². The molecule has 0 amide bonds. The van der Waals surface area contributed by atoms with Crippen molar-refractivity contribution >= 4 is 19.1 Å². The molecule has 1 aromatic rings. The van der Waals surface area contributed by atoms with E-state index in [0.717, 1.165) is 11.1 Å². The number of rotatable bonds is 2. The molecule has 1 aromatic carbocycles. The molecular weight excluding hydrogens is 147 g/mol. The summed E-state index contributed by atoms with van der Waals surface area (Å²) in [6.07, 6.45) is 0.546. The molecule has 0 atom stereocenters. The van der Waals surface area contributed by atoms with Crippen LogP contribution in [0.3, 0.4) is 0 Å². The molecule has 0 saturated carbocycles. The topological polar surface area (TPSA) is 17.1 Å². The number of aryl methyl sites for hydroxylation is 1. The van der Waals surface area contributed by atoms with Crippen molar-refractivity contribution in [1.82, 2.24) is 0 Å². The smallest absolute Gasteiger partial charge is 0.162 e. The first-order valence-electron chi connectivity index (χ1n) is 4.04. The minimum absolute atomic E-state index is 0.174. The van der Waals surface area contributed by atoms with Crippen molar-refractivity contribution < 1.29 is 4.79 Å². The van der Waals surface area contributed by atoms with E-state index in [9.17, 15) is 4.79 Å². The Morgan fingerprint density at radius 1 is 1.50 bits per heavy atom. The standard InChI is InChI=1S/C10H11BO/c1-3-10(12)9-5-4-8(11)6-7(9)2/h4-6H,3H2,1-2H3. The fraction of sp³-hybridized carbons (Fsp3) is 0.300. The Kier molecular flexibility index (Phi) is 2.69. The second-order valence-corrected chi connectivity index (χ2v) is 2.85. The van der Waals surface area contributed by atoms with Gasteiger partial charge >= 0.3 is 0 Å². The molecule has 2 radical (unpaired) electrons. The lowest BCUT2D eigenvalue weighted by atomic mass is 9.91. The van der Waals surface area contributed by atoms with E-state index < -0.39 is 0 Å². The largest absolute Gasteiger partial charge is 0.294 e. The van der Waals surface area contributed by atoms with Crippen LogP contribution < -0.4 is 5.46 Å². The molecule has 0 aliphatic rings. The first kappa shape index (κ1) is 9.05. The van der Waals surface area contributed by atoms with E-state index >= 15 is 0 Å². The summed E-state index contributed by atoms with van der Waals surface area (Å²) >= 11 is 0. The van der Waals surface area contributed by atoms with Crippen molar-refractivity contribution in [3.05, 3.63) is 29.3 Å². The highest BCUT2D eigenvalue weighted by atomic mass is 16.1. The second kappa shape index (κ2) is 3.57. The van der Waals surface area contributed by atoms with Gasteiger partial charge in [0.25, 0.3) is 0 Å². The van der Waals surface area contributed by atoms with E-state index in [4.69, 9.17) is 7.85 Å². The summed E-state index contributed by atoms with van der Waals surface area (Å²) in [7, 11) is 5.56. The van der Waals surface area contributed by atoms with Gasteiger partial charge in [-0.2, -0.15) is 0 Å². The molecule has 0 heterocycles. The zero-order valence-corrected chi connectivity index (χ0v) is 7.42. The van der Waals surface area contributed by atoms with Crippen LogP contribution in [0.25, 0.3) is 0 Å². The molecule has 2 heteroatoms. The molecule has 1 nitrogen and oxygen atoms in total. The number of benzene rings is 1. The molecule has 0 aliphatic heterocycles. The Labute approximate surface area is 74.2 Å². The van der Waals surface area contributed by atoms with Crippen molar-refractivity contribution in [3.63, 3.8) is 0 Å². The van der Waals surface area contributed by atoms with Gasteiger partial charge < -0.3 is 0 Å². The highest BCUT2D eigenvalue weighted by molar-refractivity contribution is 6.32. The van der Waals surface area contributed by atoms with Crippen molar-refractivity contribution in [2.24, 2.45) is 0 Å². The van der Waals surface area contributed by atoms with Crippen molar-refractivity contribution in [2.45, 2.75) is 20.3 Å². The zero-order chi connectivity index (χ0) is 9.14. The molecule has 0 saturated heterocycles. The predicted molar refractivity (Wildman–Crippen MR) is 51.2 cm³/mol. The van der Waals surface area contributed by atoms with Crippen LogP contribution in [0.4, 0.5) is 0 Å². The minimum Gasteiger partial charge on any atom is -0.294 e. The molecule has 60 valence electrons. The van der Waals surface area contributed by atoms with Crippen LogP contribution in [0, 0.1) is 6.92 Å². The summed E-state index contributed by atoms with van der Waals surface area (Å²) in [4.78, 5) is 11.3. The van der Waals surface area contributed by atoms with E-state index in [-0.39, 0.29) is 5.78 Å². The Morgan fingerprint density at radius 2 is 2.17 bits per heavy atom. The molecule has 0 aliphatic carbocycles. The van der Waals surface area contributed by atoms with Crippen LogP contribution >= 0.6 is 0 Å². The lowest BCUT2D eigenvalue weighted by Crippen LogP contribution is -2.07. The molecule has 12 heavy (non-hydrogen) atoms. The summed E-state index contributed by atoms with van der Waals surface area (Å²) < 4.78 is 0. The normalized spacial score (nSPS) is 9.83. The van der Waals surface area contributed by atoms with Gasteiger partial charge in [-0.05, 0) is 12.5 Å². The van der Waals surface area contributed by atoms with Gasteiger partial charge in [-0.3, -0.25) is 4.79 Å². The number of hydrogen-bond acceptors (Lipinski definition) is 1. The van der Waals surface area contributed by atoms with E-state index in [1.54, 1.807) is 12.1 Å². The zero-order valence-electron chi connectivity index (χ0n) is 7.42. The van der Waals surface area contributed by atoms with Crippen molar-refractivity contribution in [2.75, 3.05) is 0 Å². The third-order valence-electron chi connectivity index (χ3n) is 1.87. The van der Waals surface area contributed by atoms with E-state index in [1.165, 1.54) is 0 Å². The maximum Gasteiger partial charge on any atom is 0.162 e. The maximum absolute atomic E-state index is 11.3. The summed E-state index contributed by atoms with van der Waals surface area (Å²) in [5.41, 5.74) is 2.45. The SMILES string of the molecule is [B]c1ccc(C(=O)CC)c(C)c1. The molecule has 0 unspecified atom stereocenters. The van der Waals surface area contributed by atoms with Gasteiger partial charge in [-0.25, -0.2) is 0 Å². The van der Waals surface area contributed by atoms with Gasteiger partial charge in [0.1, 0.15) is 7.85 Å². The summed E-state index contributed by atoms with van der Waals surface area (Å²) in [5, 5.41) is 0. The van der Waals surface area contributed by atoms with Crippen LogP contribution in [0.15, 0.2) is 18.2 Å². The van der Waals surface area contributed by atoms with E-state index in [1.807, 2.05) is 19.9 Å². The highest BCUT2D eigenvalue weighted by Crippen LogP contribution is 2.07. The summed E-state index contributed by atoms with van der Waals surface area (Å²) in [6, 6.07) is 5.37. The molecule has 0 aromatic heterocycles. The van der Waals surface area contributed by atoms with Crippen LogP contribution in [0.2, 0.25) is 0 Å². The average Bonchev–Trinajstić information content (AvgIpc) is 2.03. The Balaban J connectivity index is 3.09. The lowest BCUT2D eigenvalue weighted by Gasteiger charge is -2.03. The lowest BCUT2D eigenvalue weighted by molar-refractivity contribution is 0.0987. The first-order valence-corrected chi connectivity index (χ1v) is 4.04. The Morgan fingerprint density at radius 3 is 2.67 bits per heavy atom. The minimum atomic E-state index is 0.174. The van der Waals surface area contributed by atoms with E-state index in [0.29, 0.717) is 11.9 Å². The molecule has 0 N–H and O–H groups in total. The van der Waals surface area contributed by atoms with Gasteiger partial charge in [-0.1, -0.05) is 30.6 Å². The third kappa shape index (κ3) is 1.76. The monoisotopic (exact) mass is 158 g/mol. The summed E-state index contributed by atoms with van der Waals surface area (Å²) in [5.74, 6) is 0.174. The molecular formula is C10H11BO. The van der Waals surface area contributed by atoms with Crippen LogP contribution in [-0.4, -0.2) is 13.6 Å². The molecule has 1 rings (SSSR count). The predicted octanol–water partition coefficient (Wildman–Crippen LogP) is 1.38. The average molecular weight is 158 g/mol.